The van der Waals surface area contributed by atoms with Crippen LogP contribution in [0.25, 0.3) is 0 Å². The third-order valence-corrected chi connectivity index (χ3v) is 2.77. The molecule has 2 N–H and O–H groups in total. The second-order valence-electron chi connectivity index (χ2n) is 3.37. The Balaban J connectivity index is 1.87. The van der Waals surface area contributed by atoms with Crippen LogP contribution < -0.4 is 5.32 Å². The molecule has 2 aromatic rings. The summed E-state index contributed by atoms with van der Waals surface area (Å²) in [7, 11) is 0. The highest BCUT2D eigenvalue weighted by Crippen LogP contribution is 2.15. The molecule has 0 saturated heterocycles. The normalized spacial score (nSPS) is 10.6. The predicted molar refractivity (Wildman–Crippen MR) is 60.7 cm³/mol. The summed E-state index contributed by atoms with van der Waals surface area (Å²) in [6, 6.07) is 4.37. The molecule has 0 aliphatic heterocycles. The molecular formula is C11H11FN2OS. The summed E-state index contributed by atoms with van der Waals surface area (Å²) in [6.45, 7) is 1.21. The predicted octanol–water partition coefficient (Wildman–Crippen LogP) is 2.28. The summed E-state index contributed by atoms with van der Waals surface area (Å²) in [6.07, 6.45) is 0. The summed E-state index contributed by atoms with van der Waals surface area (Å²) < 4.78 is 13.0. The van der Waals surface area contributed by atoms with Gasteiger partial charge in [0.2, 0.25) is 0 Å². The van der Waals surface area contributed by atoms with Crippen LogP contribution in [-0.2, 0) is 13.1 Å². The van der Waals surface area contributed by atoms with Crippen LogP contribution in [0.2, 0.25) is 0 Å². The third kappa shape index (κ3) is 2.77. The minimum Gasteiger partial charge on any atom is -0.505 e. The van der Waals surface area contributed by atoms with Crippen LogP contribution in [-0.4, -0.2) is 10.1 Å². The number of aromatic hydroxyl groups is 1. The van der Waals surface area contributed by atoms with E-state index < -0.39 is 5.82 Å². The number of hydrogen-bond acceptors (Lipinski definition) is 4. The zero-order valence-electron chi connectivity index (χ0n) is 8.48. The van der Waals surface area contributed by atoms with E-state index in [-0.39, 0.29) is 5.75 Å². The van der Waals surface area contributed by atoms with Crippen LogP contribution in [0.5, 0.6) is 5.75 Å². The molecule has 0 fully saturated rings. The van der Waals surface area contributed by atoms with Gasteiger partial charge in [0.25, 0.3) is 0 Å². The van der Waals surface area contributed by atoms with Crippen LogP contribution in [0, 0.1) is 5.82 Å². The van der Waals surface area contributed by atoms with E-state index in [0.717, 1.165) is 11.3 Å². The number of halogens is 1. The average Bonchev–Trinajstić information content (AvgIpc) is 2.76. The van der Waals surface area contributed by atoms with Crippen molar-refractivity contribution >= 4 is 11.3 Å². The SMILES string of the molecule is Oc1ccc(CNCc2cscn2)cc1F. The zero-order chi connectivity index (χ0) is 11.4. The first-order chi connectivity index (χ1) is 7.75. The molecule has 2 rings (SSSR count). The Kier molecular flexibility index (Phi) is 3.48. The minimum absolute atomic E-state index is 0.316. The number of nitrogens with zero attached hydrogens (tertiary/aromatic N) is 1. The van der Waals surface area contributed by atoms with E-state index in [4.69, 9.17) is 5.11 Å². The first kappa shape index (κ1) is 11.0. The standard InChI is InChI=1S/C11H11FN2OS/c12-10-3-8(1-2-11(10)15)4-13-5-9-6-16-7-14-9/h1-3,6-7,13,15H,4-5H2. The highest BCUT2D eigenvalue weighted by molar-refractivity contribution is 7.07. The quantitative estimate of drug-likeness (QED) is 0.859. The van der Waals surface area contributed by atoms with Gasteiger partial charge in [-0.25, -0.2) is 9.37 Å². The van der Waals surface area contributed by atoms with Crippen LogP contribution in [0.4, 0.5) is 4.39 Å². The first-order valence-electron chi connectivity index (χ1n) is 4.81. The molecule has 84 valence electrons. The Morgan fingerprint density at radius 1 is 1.38 bits per heavy atom. The molecule has 0 spiro atoms. The molecule has 0 unspecified atom stereocenters. The summed E-state index contributed by atoms with van der Waals surface area (Å²) in [5.74, 6) is -0.906. The summed E-state index contributed by atoms with van der Waals surface area (Å²) in [5.41, 5.74) is 3.55. The molecule has 1 aromatic carbocycles. The fraction of sp³-hybridized carbons (Fsp3) is 0.182. The van der Waals surface area contributed by atoms with Crippen LogP contribution >= 0.6 is 11.3 Å². The average molecular weight is 238 g/mol. The summed E-state index contributed by atoms with van der Waals surface area (Å²) >= 11 is 1.55. The Bertz CT molecular complexity index is 459. The van der Waals surface area contributed by atoms with Crippen molar-refractivity contribution in [2.45, 2.75) is 13.1 Å². The number of phenolic OH excluding ortho intramolecular Hbond substituents is 1. The lowest BCUT2D eigenvalue weighted by atomic mass is 10.2. The Morgan fingerprint density at radius 3 is 2.94 bits per heavy atom. The van der Waals surface area contributed by atoms with Crippen LogP contribution in [0.15, 0.2) is 29.1 Å². The van der Waals surface area contributed by atoms with E-state index in [0.29, 0.717) is 13.1 Å². The topological polar surface area (TPSA) is 45.1 Å². The van der Waals surface area contributed by atoms with Gasteiger partial charge in [-0.15, -0.1) is 11.3 Å². The third-order valence-electron chi connectivity index (χ3n) is 2.13. The molecule has 0 bridgehead atoms. The molecular weight excluding hydrogens is 227 g/mol. The molecule has 1 aromatic heterocycles. The minimum atomic E-state index is -0.590. The lowest BCUT2D eigenvalue weighted by Crippen LogP contribution is -2.12. The molecule has 0 radical (unpaired) electrons. The highest BCUT2D eigenvalue weighted by atomic mass is 32.1. The van der Waals surface area contributed by atoms with Gasteiger partial charge in [0.15, 0.2) is 11.6 Å². The van der Waals surface area contributed by atoms with Crippen molar-refractivity contribution < 1.29 is 9.50 Å². The molecule has 0 atom stereocenters. The van der Waals surface area contributed by atoms with Gasteiger partial charge in [0.1, 0.15) is 0 Å². The van der Waals surface area contributed by atoms with E-state index in [1.165, 1.54) is 12.1 Å². The van der Waals surface area contributed by atoms with E-state index in [9.17, 15) is 4.39 Å². The second-order valence-corrected chi connectivity index (χ2v) is 4.09. The Labute approximate surface area is 96.6 Å². The molecule has 3 nitrogen and oxygen atoms in total. The van der Waals surface area contributed by atoms with E-state index in [1.54, 1.807) is 22.9 Å². The van der Waals surface area contributed by atoms with Gasteiger partial charge in [0, 0.05) is 18.5 Å². The van der Waals surface area contributed by atoms with Gasteiger partial charge in [0.05, 0.1) is 11.2 Å². The van der Waals surface area contributed by atoms with Crippen LogP contribution in [0.3, 0.4) is 0 Å². The number of benzene rings is 1. The lowest BCUT2D eigenvalue weighted by molar-refractivity contribution is 0.431. The molecule has 0 aliphatic rings. The second kappa shape index (κ2) is 5.05. The Morgan fingerprint density at radius 2 is 2.25 bits per heavy atom. The van der Waals surface area contributed by atoms with E-state index in [2.05, 4.69) is 10.3 Å². The van der Waals surface area contributed by atoms with Crippen molar-refractivity contribution in [3.8, 4) is 5.75 Å². The maximum Gasteiger partial charge on any atom is 0.165 e. The van der Waals surface area contributed by atoms with Crippen molar-refractivity contribution in [3.63, 3.8) is 0 Å². The molecule has 5 heteroatoms. The highest BCUT2D eigenvalue weighted by Gasteiger charge is 2.01. The largest absolute Gasteiger partial charge is 0.505 e. The number of phenols is 1. The van der Waals surface area contributed by atoms with Gasteiger partial charge in [-0.3, -0.25) is 0 Å². The number of rotatable bonds is 4. The van der Waals surface area contributed by atoms with Crippen LogP contribution in [0.1, 0.15) is 11.3 Å². The summed E-state index contributed by atoms with van der Waals surface area (Å²) in [5, 5.41) is 14.1. The van der Waals surface area contributed by atoms with Crippen molar-refractivity contribution in [1.82, 2.24) is 10.3 Å². The van der Waals surface area contributed by atoms with Crippen molar-refractivity contribution in [2.24, 2.45) is 0 Å². The molecule has 0 aliphatic carbocycles. The first-order valence-corrected chi connectivity index (χ1v) is 5.75. The molecule has 0 amide bonds. The summed E-state index contributed by atoms with van der Waals surface area (Å²) in [4.78, 5) is 4.12. The number of thiazole rings is 1. The molecule has 1 heterocycles. The number of hydrogen-bond donors (Lipinski definition) is 2. The van der Waals surface area contributed by atoms with Gasteiger partial charge in [-0.2, -0.15) is 0 Å². The van der Waals surface area contributed by atoms with E-state index in [1.807, 2.05) is 5.38 Å². The van der Waals surface area contributed by atoms with Crippen molar-refractivity contribution in [2.75, 3.05) is 0 Å². The molecule has 0 saturated carbocycles. The van der Waals surface area contributed by atoms with Gasteiger partial charge in [-0.05, 0) is 17.7 Å². The lowest BCUT2D eigenvalue weighted by Gasteiger charge is -2.04. The fourth-order valence-corrected chi connectivity index (χ4v) is 1.88. The fourth-order valence-electron chi connectivity index (χ4n) is 1.32. The number of aromatic nitrogens is 1. The van der Waals surface area contributed by atoms with Crippen molar-refractivity contribution in [3.05, 3.63) is 46.2 Å². The van der Waals surface area contributed by atoms with Gasteiger partial charge >= 0.3 is 0 Å². The smallest absolute Gasteiger partial charge is 0.165 e. The molecule has 16 heavy (non-hydrogen) atoms. The van der Waals surface area contributed by atoms with E-state index >= 15 is 0 Å². The number of nitrogens with one attached hydrogen (secondary N) is 1. The Hall–Kier alpha value is -1.46. The van der Waals surface area contributed by atoms with Crippen molar-refractivity contribution in [1.29, 1.82) is 0 Å². The van der Waals surface area contributed by atoms with Gasteiger partial charge in [-0.1, -0.05) is 6.07 Å². The zero-order valence-corrected chi connectivity index (χ0v) is 9.30. The maximum atomic E-state index is 13.0. The monoisotopic (exact) mass is 238 g/mol. The maximum absolute atomic E-state index is 13.0. The van der Waals surface area contributed by atoms with Gasteiger partial charge < -0.3 is 10.4 Å².